The highest BCUT2D eigenvalue weighted by Crippen LogP contribution is 2.15. The van der Waals surface area contributed by atoms with Crippen molar-refractivity contribution in [2.45, 2.75) is 12.3 Å². The van der Waals surface area contributed by atoms with Crippen molar-refractivity contribution in [1.82, 2.24) is 5.32 Å². The molecule has 0 aliphatic carbocycles. The number of carbonyl (C=O) groups is 2. The number of nitrogens with one attached hydrogen (secondary N) is 1. The third-order valence-electron chi connectivity index (χ3n) is 1.97. The van der Waals surface area contributed by atoms with Gasteiger partial charge < -0.3 is 10.1 Å². The maximum atomic E-state index is 11.6. The third-order valence-corrected chi connectivity index (χ3v) is 3.31. The Balaban J connectivity index is 2.48. The minimum Gasteiger partial charge on any atom is -0.468 e. The van der Waals surface area contributed by atoms with Gasteiger partial charge in [0.15, 0.2) is 0 Å². The Hall–Kier alpha value is -1.07. The zero-order valence-corrected chi connectivity index (χ0v) is 10.5. The first kappa shape index (κ1) is 13.0. The summed E-state index contributed by atoms with van der Waals surface area (Å²) in [6.07, 6.45) is 0. The zero-order valence-electron chi connectivity index (χ0n) is 8.95. The van der Waals surface area contributed by atoms with E-state index >= 15 is 0 Å². The maximum absolute atomic E-state index is 11.6. The number of hydrogen-bond donors (Lipinski definition) is 1. The third kappa shape index (κ3) is 3.21. The van der Waals surface area contributed by atoms with Gasteiger partial charge in [-0.1, -0.05) is 0 Å². The minimum atomic E-state index is -0.853. The number of methoxy groups -OCH3 is 1. The second kappa shape index (κ2) is 5.86. The van der Waals surface area contributed by atoms with E-state index in [0.717, 1.165) is 5.56 Å². The van der Waals surface area contributed by atoms with Crippen LogP contribution in [-0.4, -0.2) is 30.9 Å². The molecule has 0 saturated carbocycles. The van der Waals surface area contributed by atoms with E-state index in [4.69, 9.17) is 11.6 Å². The fourth-order valence-corrected chi connectivity index (χ4v) is 2.09. The molecule has 0 aliphatic heterocycles. The summed E-state index contributed by atoms with van der Waals surface area (Å²) in [6.45, 7) is 1.91. The molecule has 0 bridgehead atoms. The normalized spacial score (nSPS) is 11.9. The molecule has 6 heteroatoms. The smallest absolute Gasteiger partial charge is 0.325 e. The van der Waals surface area contributed by atoms with Gasteiger partial charge in [-0.3, -0.25) is 9.59 Å². The minimum absolute atomic E-state index is 0.0599. The molecule has 1 aromatic heterocycles. The number of halogens is 1. The van der Waals surface area contributed by atoms with Gasteiger partial charge in [0.2, 0.25) is 0 Å². The largest absolute Gasteiger partial charge is 0.468 e. The summed E-state index contributed by atoms with van der Waals surface area (Å²) in [7, 11) is 1.25. The number of carbonyl (C=O) groups excluding carboxylic acids is 2. The van der Waals surface area contributed by atoms with Crippen LogP contribution in [0.25, 0.3) is 0 Å². The molecule has 1 atom stereocenters. The Kier molecular flexibility index (Phi) is 4.76. The fourth-order valence-electron chi connectivity index (χ4n) is 1.08. The Morgan fingerprint density at radius 1 is 1.62 bits per heavy atom. The van der Waals surface area contributed by atoms with E-state index in [1.54, 1.807) is 0 Å². The van der Waals surface area contributed by atoms with Crippen molar-refractivity contribution in [3.63, 3.8) is 0 Å². The maximum Gasteiger partial charge on any atom is 0.325 e. The molecule has 0 saturated heterocycles. The summed E-state index contributed by atoms with van der Waals surface area (Å²) in [5.41, 5.74) is 0.909. The SMILES string of the molecule is COC(=O)C(Cl)CNC(=O)c1sccc1C. The molecule has 4 nitrogen and oxygen atoms in total. The lowest BCUT2D eigenvalue weighted by molar-refractivity contribution is -0.140. The first-order valence-corrected chi connectivity index (χ1v) is 5.92. The van der Waals surface area contributed by atoms with Crippen LogP contribution in [0.1, 0.15) is 15.2 Å². The van der Waals surface area contributed by atoms with Gasteiger partial charge >= 0.3 is 5.97 Å². The van der Waals surface area contributed by atoms with Gasteiger partial charge in [0.25, 0.3) is 5.91 Å². The molecule has 1 heterocycles. The summed E-state index contributed by atoms with van der Waals surface area (Å²) in [5.74, 6) is -0.771. The predicted octanol–water partition coefficient (Wildman–Crippen LogP) is 1.57. The highest BCUT2D eigenvalue weighted by atomic mass is 35.5. The molecule has 0 aliphatic rings. The van der Waals surface area contributed by atoms with Crippen molar-refractivity contribution >= 4 is 34.8 Å². The molecule has 88 valence electrons. The van der Waals surface area contributed by atoms with Gasteiger partial charge in [-0.25, -0.2) is 0 Å². The lowest BCUT2D eigenvalue weighted by atomic mass is 10.3. The molecule has 0 fully saturated rings. The first-order chi connectivity index (χ1) is 7.56. The zero-order chi connectivity index (χ0) is 12.1. The average molecular weight is 262 g/mol. The highest BCUT2D eigenvalue weighted by Gasteiger charge is 2.18. The Bertz CT molecular complexity index is 391. The van der Waals surface area contributed by atoms with Crippen LogP contribution in [0, 0.1) is 6.92 Å². The van der Waals surface area contributed by atoms with Crippen LogP contribution in [0.15, 0.2) is 11.4 Å². The lowest BCUT2D eigenvalue weighted by Gasteiger charge is -2.08. The molecule has 1 rings (SSSR count). The van der Waals surface area contributed by atoms with E-state index in [0.29, 0.717) is 4.88 Å². The van der Waals surface area contributed by atoms with E-state index in [-0.39, 0.29) is 12.5 Å². The van der Waals surface area contributed by atoms with Gasteiger partial charge in [0.05, 0.1) is 12.0 Å². The molecule has 1 unspecified atom stereocenters. The molecule has 1 N–H and O–H groups in total. The number of hydrogen-bond acceptors (Lipinski definition) is 4. The molecule has 16 heavy (non-hydrogen) atoms. The van der Waals surface area contributed by atoms with Gasteiger partial charge in [-0.05, 0) is 23.9 Å². The molecule has 1 amide bonds. The molecule has 0 spiro atoms. The van der Waals surface area contributed by atoms with E-state index < -0.39 is 11.3 Å². The van der Waals surface area contributed by atoms with Gasteiger partial charge in [0, 0.05) is 6.54 Å². The van der Waals surface area contributed by atoms with Crippen LogP contribution >= 0.6 is 22.9 Å². The predicted molar refractivity (Wildman–Crippen MR) is 63.0 cm³/mol. The second-order valence-electron chi connectivity index (χ2n) is 3.13. The van der Waals surface area contributed by atoms with Crippen molar-refractivity contribution in [2.75, 3.05) is 13.7 Å². The van der Waals surface area contributed by atoms with Crippen LogP contribution in [0.3, 0.4) is 0 Å². The van der Waals surface area contributed by atoms with Crippen molar-refractivity contribution < 1.29 is 14.3 Å². The van der Waals surface area contributed by atoms with Crippen LogP contribution in [-0.2, 0) is 9.53 Å². The lowest BCUT2D eigenvalue weighted by Crippen LogP contribution is -2.34. The number of thiophene rings is 1. The number of esters is 1. The van der Waals surface area contributed by atoms with Crippen molar-refractivity contribution in [1.29, 1.82) is 0 Å². The molecular formula is C10H12ClNO3S. The summed E-state index contributed by atoms with van der Waals surface area (Å²) in [4.78, 5) is 23.2. The number of aryl methyl sites for hydroxylation is 1. The van der Waals surface area contributed by atoms with Crippen LogP contribution in [0.4, 0.5) is 0 Å². The number of alkyl halides is 1. The Labute approximate surface area is 103 Å². The second-order valence-corrected chi connectivity index (χ2v) is 4.58. The molecule has 1 aromatic rings. The summed E-state index contributed by atoms with van der Waals surface area (Å²) in [6, 6.07) is 1.86. The van der Waals surface area contributed by atoms with Crippen LogP contribution in [0.2, 0.25) is 0 Å². The standard InChI is InChI=1S/C10H12ClNO3S/c1-6-3-4-16-8(6)9(13)12-5-7(11)10(14)15-2/h3-4,7H,5H2,1-2H3,(H,12,13). The van der Waals surface area contributed by atoms with E-state index in [9.17, 15) is 9.59 Å². The molecule has 0 radical (unpaired) electrons. The molecule has 0 aromatic carbocycles. The summed E-state index contributed by atoms with van der Waals surface area (Å²) in [5, 5.41) is 3.56. The topological polar surface area (TPSA) is 55.4 Å². The molecular weight excluding hydrogens is 250 g/mol. The van der Waals surface area contributed by atoms with Gasteiger partial charge in [-0.2, -0.15) is 0 Å². The van der Waals surface area contributed by atoms with Gasteiger partial charge in [-0.15, -0.1) is 22.9 Å². The van der Waals surface area contributed by atoms with E-state index in [1.807, 2.05) is 18.4 Å². The van der Waals surface area contributed by atoms with E-state index in [2.05, 4.69) is 10.1 Å². The highest BCUT2D eigenvalue weighted by molar-refractivity contribution is 7.12. The average Bonchev–Trinajstić information content (AvgIpc) is 2.70. The summed E-state index contributed by atoms with van der Waals surface area (Å²) < 4.78 is 4.44. The number of ether oxygens (including phenoxy) is 1. The summed E-state index contributed by atoms with van der Waals surface area (Å²) >= 11 is 7.04. The fraction of sp³-hybridized carbons (Fsp3) is 0.400. The monoisotopic (exact) mass is 261 g/mol. The van der Waals surface area contributed by atoms with Crippen LogP contribution < -0.4 is 5.32 Å². The first-order valence-electron chi connectivity index (χ1n) is 4.60. The number of rotatable bonds is 4. The quantitative estimate of drug-likeness (QED) is 0.661. The van der Waals surface area contributed by atoms with Crippen molar-refractivity contribution in [3.05, 3.63) is 21.9 Å². The van der Waals surface area contributed by atoms with Gasteiger partial charge in [0.1, 0.15) is 5.38 Å². The Morgan fingerprint density at radius 2 is 2.31 bits per heavy atom. The van der Waals surface area contributed by atoms with E-state index in [1.165, 1.54) is 18.4 Å². The van der Waals surface area contributed by atoms with Crippen molar-refractivity contribution in [2.24, 2.45) is 0 Å². The van der Waals surface area contributed by atoms with Crippen LogP contribution in [0.5, 0.6) is 0 Å². The Morgan fingerprint density at radius 3 is 2.81 bits per heavy atom. The van der Waals surface area contributed by atoms with Crippen molar-refractivity contribution in [3.8, 4) is 0 Å². The number of amides is 1.